The zero-order valence-electron chi connectivity index (χ0n) is 20.4. The average Bonchev–Trinajstić information content (AvgIpc) is 3.46. The molecule has 4 rings (SSSR count). The Labute approximate surface area is 212 Å². The lowest BCUT2D eigenvalue weighted by Crippen LogP contribution is -2.46. The van der Waals surface area contributed by atoms with Crippen LogP contribution < -0.4 is 20.1 Å². The van der Waals surface area contributed by atoms with Crippen molar-refractivity contribution in [3.05, 3.63) is 65.0 Å². The first-order valence-corrected chi connectivity index (χ1v) is 12.2. The number of urea groups is 1. The number of aromatic nitrogens is 3. The van der Waals surface area contributed by atoms with Gasteiger partial charge in [-0.2, -0.15) is 0 Å². The van der Waals surface area contributed by atoms with Gasteiger partial charge in [-0.15, -0.1) is 10.2 Å². The first-order valence-electron chi connectivity index (χ1n) is 11.2. The molecule has 3 aromatic rings. The quantitative estimate of drug-likeness (QED) is 0.310. The van der Waals surface area contributed by atoms with Gasteiger partial charge in [0.05, 0.1) is 19.3 Å². The zero-order valence-corrected chi connectivity index (χ0v) is 21.2. The highest BCUT2D eigenvalue weighted by atomic mass is 32.2. The van der Waals surface area contributed by atoms with Crippen molar-refractivity contribution in [3.63, 3.8) is 0 Å². The second-order valence-corrected chi connectivity index (χ2v) is 8.75. The summed E-state index contributed by atoms with van der Waals surface area (Å²) in [5.74, 6) is 2.87. The molecule has 0 saturated carbocycles. The van der Waals surface area contributed by atoms with E-state index in [1.54, 1.807) is 37.7 Å². The summed E-state index contributed by atoms with van der Waals surface area (Å²) >= 11 is 1.32. The summed E-state index contributed by atoms with van der Waals surface area (Å²) in [5, 5.41) is 14.5. The van der Waals surface area contributed by atoms with E-state index in [1.807, 2.05) is 31.3 Å². The third-order valence-corrected chi connectivity index (χ3v) is 6.44. The summed E-state index contributed by atoms with van der Waals surface area (Å²) in [4.78, 5) is 25.3. The maximum Gasteiger partial charge on any atom is 0.338 e. The largest absolute Gasteiger partial charge is 0.497 e. The van der Waals surface area contributed by atoms with Crippen LogP contribution >= 0.6 is 11.8 Å². The maximum absolute atomic E-state index is 12.9. The fourth-order valence-corrected chi connectivity index (χ4v) is 4.46. The number of hydrogen-bond acceptors (Lipinski definition) is 9. The Morgan fingerprint density at radius 3 is 2.58 bits per heavy atom. The summed E-state index contributed by atoms with van der Waals surface area (Å²) in [6.07, 6.45) is 0. The molecule has 190 valence electrons. The lowest BCUT2D eigenvalue weighted by Gasteiger charge is -2.27. The molecule has 1 aromatic carbocycles. The third kappa shape index (κ3) is 5.65. The van der Waals surface area contributed by atoms with E-state index in [9.17, 15) is 9.59 Å². The first-order chi connectivity index (χ1) is 17.4. The molecule has 2 aromatic heterocycles. The van der Waals surface area contributed by atoms with Crippen LogP contribution in [-0.4, -0.2) is 46.2 Å². The molecule has 0 saturated heterocycles. The van der Waals surface area contributed by atoms with Crippen LogP contribution in [-0.2, 0) is 23.2 Å². The molecule has 0 radical (unpaired) electrons. The van der Waals surface area contributed by atoms with Gasteiger partial charge in [-0.05, 0) is 50.2 Å². The molecular formula is C24H27N5O6S. The van der Waals surface area contributed by atoms with Crippen LogP contribution in [0.1, 0.15) is 30.3 Å². The minimum Gasteiger partial charge on any atom is -0.497 e. The molecule has 0 aliphatic carbocycles. The summed E-state index contributed by atoms with van der Waals surface area (Å²) in [7, 11) is 3.43. The first kappa shape index (κ1) is 25.2. The molecule has 3 heterocycles. The molecule has 36 heavy (non-hydrogen) atoms. The highest BCUT2D eigenvalue weighted by Gasteiger charge is 2.35. The number of nitrogens with zero attached hydrogens (tertiary/aromatic N) is 3. The Hall–Kier alpha value is -3.93. The van der Waals surface area contributed by atoms with Crippen LogP contribution in [0.5, 0.6) is 11.5 Å². The number of rotatable bonds is 10. The van der Waals surface area contributed by atoms with Crippen LogP contribution in [0.2, 0.25) is 0 Å². The van der Waals surface area contributed by atoms with Gasteiger partial charge in [-0.1, -0.05) is 11.8 Å². The molecule has 0 unspecified atom stereocenters. The van der Waals surface area contributed by atoms with Crippen LogP contribution in [0.25, 0.3) is 0 Å². The Morgan fingerprint density at radius 1 is 1.17 bits per heavy atom. The smallest absolute Gasteiger partial charge is 0.338 e. The van der Waals surface area contributed by atoms with Crippen molar-refractivity contribution in [2.45, 2.75) is 31.7 Å². The van der Waals surface area contributed by atoms with E-state index in [-0.39, 0.29) is 24.5 Å². The predicted octanol–water partition coefficient (Wildman–Crippen LogP) is 3.27. The third-order valence-electron chi connectivity index (χ3n) is 5.39. The van der Waals surface area contributed by atoms with Gasteiger partial charge in [0.25, 0.3) is 0 Å². The van der Waals surface area contributed by atoms with Crippen molar-refractivity contribution in [2.75, 3.05) is 19.5 Å². The molecule has 1 atom stereocenters. The molecule has 0 fully saturated rings. The van der Waals surface area contributed by atoms with Gasteiger partial charge in [0.15, 0.2) is 11.0 Å². The summed E-state index contributed by atoms with van der Waals surface area (Å²) in [6.45, 7) is 3.93. The molecule has 12 heteroatoms. The molecule has 0 bridgehead atoms. The molecule has 1 aliphatic rings. The average molecular weight is 514 g/mol. The number of esters is 1. The van der Waals surface area contributed by atoms with E-state index < -0.39 is 18.0 Å². The Bertz CT molecular complexity index is 1270. The number of carbonyl (C=O) groups excluding carboxylic acids is 2. The van der Waals surface area contributed by atoms with Crippen molar-refractivity contribution in [2.24, 2.45) is 7.05 Å². The lowest BCUT2D eigenvalue weighted by atomic mass is 10.0. The number of methoxy groups -OCH3 is 1. The minimum atomic E-state index is -0.768. The van der Waals surface area contributed by atoms with Crippen molar-refractivity contribution < 1.29 is 28.2 Å². The number of amides is 2. The predicted molar refractivity (Wildman–Crippen MR) is 131 cm³/mol. The monoisotopic (exact) mass is 513 g/mol. The molecule has 2 amide bonds. The number of nitrogens with one attached hydrogen (secondary N) is 2. The van der Waals surface area contributed by atoms with Gasteiger partial charge in [0, 0.05) is 18.5 Å². The van der Waals surface area contributed by atoms with Gasteiger partial charge in [-0.3, -0.25) is 0 Å². The van der Waals surface area contributed by atoms with Crippen molar-refractivity contribution in [3.8, 4) is 11.5 Å². The van der Waals surface area contributed by atoms with Crippen molar-refractivity contribution in [1.29, 1.82) is 0 Å². The van der Waals surface area contributed by atoms with Gasteiger partial charge < -0.3 is 33.8 Å². The lowest BCUT2D eigenvalue weighted by molar-refractivity contribution is -0.139. The van der Waals surface area contributed by atoms with E-state index in [2.05, 4.69) is 20.8 Å². The fourth-order valence-electron chi connectivity index (χ4n) is 3.56. The second-order valence-electron chi connectivity index (χ2n) is 7.80. The summed E-state index contributed by atoms with van der Waals surface area (Å²) in [6, 6.07) is 9.54. The number of furan rings is 1. The van der Waals surface area contributed by atoms with Crippen LogP contribution in [0, 0.1) is 6.92 Å². The maximum atomic E-state index is 12.9. The van der Waals surface area contributed by atoms with E-state index in [0.29, 0.717) is 33.9 Å². The van der Waals surface area contributed by atoms with Gasteiger partial charge in [-0.25, -0.2) is 9.59 Å². The molecule has 1 aliphatic heterocycles. The minimum absolute atomic E-state index is 0.196. The second kappa shape index (κ2) is 11.2. The zero-order chi connectivity index (χ0) is 25.7. The standard InChI is InChI=1S/C24H27N5O6S/c1-5-33-22(30)20-17(25-23(31)26-21(20)18-11-6-14(2)35-18)13-36-24-28-27-19(29(24)3)12-34-16-9-7-15(32-4)8-10-16/h6-11,21H,5,12-13H2,1-4H3,(H2,25,26,31)/t21-/m0/s1. The number of carbonyl (C=O) groups is 2. The number of thioether (sulfide) groups is 1. The molecule has 11 nitrogen and oxygen atoms in total. The fraction of sp³-hybridized carbons (Fsp3) is 0.333. The number of aryl methyl sites for hydroxylation is 1. The summed E-state index contributed by atoms with van der Waals surface area (Å²) < 4.78 is 23.7. The van der Waals surface area contributed by atoms with Crippen molar-refractivity contribution >= 4 is 23.8 Å². The topological polar surface area (TPSA) is 130 Å². The van der Waals surface area contributed by atoms with Gasteiger partial charge in [0.2, 0.25) is 0 Å². The van der Waals surface area contributed by atoms with Crippen LogP contribution in [0.3, 0.4) is 0 Å². The highest BCUT2D eigenvalue weighted by Crippen LogP contribution is 2.31. The van der Waals surface area contributed by atoms with Gasteiger partial charge >= 0.3 is 12.0 Å². The van der Waals surface area contributed by atoms with Crippen molar-refractivity contribution in [1.82, 2.24) is 25.4 Å². The Balaban J connectivity index is 1.50. The molecular weight excluding hydrogens is 486 g/mol. The van der Waals surface area contributed by atoms with Crippen LogP contribution in [0.4, 0.5) is 4.79 Å². The van der Waals surface area contributed by atoms with E-state index >= 15 is 0 Å². The Morgan fingerprint density at radius 2 is 1.92 bits per heavy atom. The molecule has 2 N–H and O–H groups in total. The van der Waals surface area contributed by atoms with Gasteiger partial charge in [0.1, 0.15) is 35.7 Å². The van der Waals surface area contributed by atoms with E-state index in [4.69, 9.17) is 18.6 Å². The van der Waals surface area contributed by atoms with E-state index in [0.717, 1.165) is 5.75 Å². The Kier molecular flexibility index (Phi) is 7.84. The van der Waals surface area contributed by atoms with Crippen LogP contribution in [0.15, 0.2) is 57.2 Å². The SMILES string of the molecule is CCOC(=O)C1=C(CSc2nnc(COc3ccc(OC)cc3)n2C)NC(=O)N[C@H]1c1ccc(C)o1. The number of hydrogen-bond donors (Lipinski definition) is 2. The highest BCUT2D eigenvalue weighted by molar-refractivity contribution is 7.99. The normalized spacial score (nSPS) is 15.3. The number of ether oxygens (including phenoxy) is 3. The molecule has 0 spiro atoms. The van der Waals surface area contributed by atoms with E-state index in [1.165, 1.54) is 11.8 Å². The number of benzene rings is 1. The summed E-state index contributed by atoms with van der Waals surface area (Å²) in [5.41, 5.74) is 0.698.